The van der Waals surface area contributed by atoms with Crippen LogP contribution in [0.4, 0.5) is 4.79 Å². The molecule has 2 unspecified atom stereocenters. The molecule has 1 aromatic carbocycles. The van der Waals surface area contributed by atoms with Gasteiger partial charge in [-0.05, 0) is 46.1 Å². The Labute approximate surface area is 171 Å². The molecule has 0 radical (unpaired) electrons. The van der Waals surface area contributed by atoms with E-state index < -0.39 is 48.0 Å². The molecule has 2 atom stereocenters. The van der Waals surface area contributed by atoms with Gasteiger partial charge in [-0.15, -0.1) is 0 Å². The Hall–Kier alpha value is -3.10. The summed E-state index contributed by atoms with van der Waals surface area (Å²) in [5.41, 5.74) is -0.142. The standard InChI is InChI=1S/C20H28N2O7/c1-13(21-19(27)29-20(2,3)4)17(25)22-15(10-11-16(23)24)18(26)28-12-14-8-6-5-7-9-14/h5-9,13,15H,10-12H2,1-4H3,(H,21,27)(H,22,25)(H,23,24)/p-1/i/hD. The van der Waals surface area contributed by atoms with Gasteiger partial charge in [0.1, 0.15) is 24.3 Å². The first-order valence-corrected chi connectivity index (χ1v) is 9.12. The van der Waals surface area contributed by atoms with E-state index in [2.05, 4.69) is 5.32 Å². The van der Waals surface area contributed by atoms with Crippen molar-refractivity contribution in [3.8, 4) is 0 Å². The van der Waals surface area contributed by atoms with E-state index in [1.807, 2.05) is 0 Å². The quantitative estimate of drug-likeness (QED) is 0.573. The average molecular weight is 408 g/mol. The minimum atomic E-state index is -1.39. The number of carboxylic acid groups (broad SMARTS) is 1. The molecule has 0 spiro atoms. The number of carbonyl (C=O) groups is 4. The number of carboxylic acids is 1. The smallest absolute Gasteiger partial charge is 0.408 e. The fourth-order valence-electron chi connectivity index (χ4n) is 2.14. The Kier molecular flexibility index (Phi) is 8.45. The molecule has 0 saturated carbocycles. The van der Waals surface area contributed by atoms with Crippen molar-refractivity contribution in [3.05, 3.63) is 35.9 Å². The van der Waals surface area contributed by atoms with Crippen LogP contribution in [0, 0.1) is 0 Å². The highest BCUT2D eigenvalue weighted by Crippen LogP contribution is 2.08. The summed E-state index contributed by atoms with van der Waals surface area (Å²) in [4.78, 5) is 47.6. The van der Waals surface area contributed by atoms with Crippen molar-refractivity contribution in [1.29, 1.82) is 0 Å². The van der Waals surface area contributed by atoms with E-state index in [1.165, 1.54) is 6.92 Å². The summed E-state index contributed by atoms with van der Waals surface area (Å²) in [6, 6.07) is 6.22. The summed E-state index contributed by atoms with van der Waals surface area (Å²) in [5, 5.41) is 13.5. The van der Waals surface area contributed by atoms with Gasteiger partial charge in [-0.2, -0.15) is 0 Å². The zero-order valence-corrected chi connectivity index (χ0v) is 17.0. The highest BCUT2D eigenvalue weighted by Gasteiger charge is 2.26. The van der Waals surface area contributed by atoms with Crippen molar-refractivity contribution >= 4 is 23.9 Å². The van der Waals surface area contributed by atoms with Crippen LogP contribution in [0.25, 0.3) is 0 Å². The molecule has 29 heavy (non-hydrogen) atoms. The zero-order valence-electron chi connectivity index (χ0n) is 18.0. The Morgan fingerprint density at radius 2 is 1.79 bits per heavy atom. The molecule has 0 aliphatic heterocycles. The van der Waals surface area contributed by atoms with Gasteiger partial charge in [-0.25, -0.2) is 9.59 Å². The van der Waals surface area contributed by atoms with E-state index in [0.29, 0.717) is 10.9 Å². The van der Waals surface area contributed by atoms with Crippen LogP contribution in [0.2, 0.25) is 1.41 Å². The van der Waals surface area contributed by atoms with Crippen molar-refractivity contribution in [2.45, 2.75) is 64.8 Å². The molecule has 0 saturated heterocycles. The second-order valence-corrected chi connectivity index (χ2v) is 7.35. The molecule has 0 heterocycles. The molecular formula is C20H27N2O7-. The normalized spacial score (nSPS) is 13.4. The van der Waals surface area contributed by atoms with Crippen molar-refractivity contribution < 1.29 is 35.2 Å². The van der Waals surface area contributed by atoms with Gasteiger partial charge in [0.25, 0.3) is 0 Å². The molecule has 1 aromatic rings. The molecule has 9 heteroatoms. The number of carbonyl (C=O) groups excluding carboxylic acids is 4. The molecular weight excluding hydrogens is 380 g/mol. The minimum absolute atomic E-state index is 0.0601. The van der Waals surface area contributed by atoms with E-state index in [1.54, 1.807) is 51.1 Å². The van der Waals surface area contributed by atoms with E-state index in [9.17, 15) is 24.3 Å². The molecule has 9 nitrogen and oxygen atoms in total. The van der Waals surface area contributed by atoms with Gasteiger partial charge in [0.15, 0.2) is 1.41 Å². The van der Waals surface area contributed by atoms with Gasteiger partial charge in [-0.3, -0.25) is 4.79 Å². The zero-order chi connectivity index (χ0) is 22.9. The Morgan fingerprint density at radius 3 is 2.34 bits per heavy atom. The summed E-state index contributed by atoms with van der Waals surface area (Å²) in [6.07, 6.45) is -1.79. The molecule has 0 fully saturated rings. The lowest BCUT2D eigenvalue weighted by molar-refractivity contribution is -0.305. The average Bonchev–Trinajstić information content (AvgIpc) is 2.67. The predicted octanol–water partition coefficient (Wildman–Crippen LogP) is 0.658. The molecule has 2 amide bonds. The fourth-order valence-corrected chi connectivity index (χ4v) is 2.14. The minimum Gasteiger partial charge on any atom is -0.550 e. The van der Waals surface area contributed by atoms with Gasteiger partial charge >= 0.3 is 12.1 Å². The van der Waals surface area contributed by atoms with Crippen LogP contribution in [0.15, 0.2) is 30.3 Å². The molecule has 1 rings (SSSR count). The summed E-state index contributed by atoms with van der Waals surface area (Å²) in [5.74, 6) is -3.07. The largest absolute Gasteiger partial charge is 0.550 e. The third-order valence-corrected chi connectivity index (χ3v) is 3.53. The van der Waals surface area contributed by atoms with Gasteiger partial charge in [-0.1, -0.05) is 30.3 Å². The van der Waals surface area contributed by atoms with Crippen molar-refractivity contribution in [1.82, 2.24) is 10.6 Å². The van der Waals surface area contributed by atoms with Gasteiger partial charge in [0.05, 0.1) is 0 Å². The predicted molar refractivity (Wildman–Crippen MR) is 101 cm³/mol. The maximum Gasteiger partial charge on any atom is 0.408 e. The third-order valence-electron chi connectivity index (χ3n) is 3.53. The third kappa shape index (κ3) is 10.1. The number of ether oxygens (including phenoxy) is 2. The molecule has 0 aromatic heterocycles. The number of rotatable bonds is 9. The Morgan fingerprint density at radius 1 is 1.17 bits per heavy atom. The number of amides is 2. The van der Waals surface area contributed by atoms with Crippen LogP contribution in [0.3, 0.4) is 0 Å². The van der Waals surface area contributed by atoms with Crippen LogP contribution >= 0.6 is 0 Å². The molecule has 0 aliphatic rings. The lowest BCUT2D eigenvalue weighted by atomic mass is 10.1. The lowest BCUT2D eigenvalue weighted by Crippen LogP contribution is -2.51. The molecule has 0 bridgehead atoms. The molecule has 0 aliphatic carbocycles. The maximum absolute atomic E-state index is 12.4. The number of hydrogen-bond donors (Lipinski definition) is 2. The number of aliphatic carboxylic acids is 1. The Balaban J connectivity index is 2.76. The van der Waals surface area contributed by atoms with Crippen LogP contribution in [-0.2, 0) is 30.5 Å². The summed E-state index contributed by atoms with van der Waals surface area (Å²) < 4.78 is 18.0. The second-order valence-electron chi connectivity index (χ2n) is 7.35. The molecule has 2 N–H and O–H groups in total. The van der Waals surface area contributed by atoms with Crippen LogP contribution in [0.1, 0.15) is 46.1 Å². The van der Waals surface area contributed by atoms with E-state index >= 15 is 0 Å². The SMILES string of the molecule is [2H]N(C(=O)OC(C)(C)C)C(C)C(=O)NC(CCC(=O)[O-])C(=O)OCc1ccccc1. The molecule has 160 valence electrons. The first-order valence-electron chi connectivity index (χ1n) is 9.57. The number of benzene rings is 1. The number of esters is 1. The number of nitrogens with one attached hydrogen (secondary N) is 2. The van der Waals surface area contributed by atoms with Crippen LogP contribution in [-0.4, -0.2) is 41.6 Å². The number of alkyl carbamates (subject to hydrolysis) is 1. The first kappa shape index (κ1) is 22.2. The highest BCUT2D eigenvalue weighted by atomic mass is 16.6. The van der Waals surface area contributed by atoms with Crippen LogP contribution in [0.5, 0.6) is 0 Å². The van der Waals surface area contributed by atoms with Gasteiger partial charge in [0.2, 0.25) is 5.91 Å². The second kappa shape index (κ2) is 11.0. The Bertz CT molecular complexity index is 749. The fraction of sp³-hybridized carbons (Fsp3) is 0.500. The van der Waals surface area contributed by atoms with Crippen molar-refractivity contribution in [2.24, 2.45) is 0 Å². The van der Waals surface area contributed by atoms with E-state index in [4.69, 9.17) is 10.9 Å². The van der Waals surface area contributed by atoms with E-state index in [0.717, 1.165) is 0 Å². The van der Waals surface area contributed by atoms with Crippen LogP contribution < -0.4 is 15.7 Å². The lowest BCUT2D eigenvalue weighted by Gasteiger charge is -2.23. The summed E-state index contributed by atoms with van der Waals surface area (Å²) in [6.45, 7) is 6.05. The first-order chi connectivity index (χ1) is 13.9. The monoisotopic (exact) mass is 408 g/mol. The summed E-state index contributed by atoms with van der Waals surface area (Å²) >= 11 is 0. The highest BCUT2D eigenvalue weighted by molar-refractivity contribution is 5.89. The van der Waals surface area contributed by atoms with Gasteiger partial charge in [0, 0.05) is 5.97 Å². The van der Waals surface area contributed by atoms with Gasteiger partial charge < -0.3 is 30.0 Å². The van der Waals surface area contributed by atoms with Crippen molar-refractivity contribution in [2.75, 3.05) is 0 Å². The maximum atomic E-state index is 12.4. The van der Waals surface area contributed by atoms with E-state index in [-0.39, 0.29) is 13.0 Å². The topological polar surface area (TPSA) is 134 Å². The summed E-state index contributed by atoms with van der Waals surface area (Å²) in [7, 11) is 0. The van der Waals surface area contributed by atoms with Crippen molar-refractivity contribution in [3.63, 3.8) is 0 Å². The number of hydrogen-bond acceptors (Lipinski definition) is 7.